The van der Waals surface area contributed by atoms with Gasteiger partial charge < -0.3 is 25.3 Å². The van der Waals surface area contributed by atoms with E-state index in [1.807, 2.05) is 24.3 Å². The van der Waals surface area contributed by atoms with Crippen LogP contribution in [0.4, 0.5) is 0 Å². The second-order valence-corrected chi connectivity index (χ2v) is 6.02. The monoisotopic (exact) mass is 411 g/mol. The third-order valence-electron chi connectivity index (χ3n) is 3.91. The molecule has 9 nitrogen and oxygen atoms in total. The summed E-state index contributed by atoms with van der Waals surface area (Å²) in [4.78, 5) is 16.0. The number of methoxy groups -OCH3 is 1. The summed E-state index contributed by atoms with van der Waals surface area (Å²) in [6.07, 6.45) is 5.52. The van der Waals surface area contributed by atoms with Gasteiger partial charge in [0.25, 0.3) is 0 Å². The zero-order valence-corrected chi connectivity index (χ0v) is 17.0. The standard InChI is InChI=1S/C21H25N5O4/c1-4-18(21(28)30-5-2)25-26-13-19(24-20(27)14-26)16(10-22)12-23-11-15-6-8-17(29-3)9-7-15/h4,6-10,12-13,22-23H,1,5,11,14H2,2-3H3,(H,24,27)/b16-12+,22-10?,25-18+. The van der Waals surface area contributed by atoms with Gasteiger partial charge in [0.1, 0.15) is 12.3 Å². The highest BCUT2D eigenvalue weighted by molar-refractivity contribution is 6.41. The van der Waals surface area contributed by atoms with E-state index < -0.39 is 5.97 Å². The lowest BCUT2D eigenvalue weighted by molar-refractivity contribution is -0.135. The van der Waals surface area contributed by atoms with Gasteiger partial charge in [-0.3, -0.25) is 5.01 Å². The van der Waals surface area contributed by atoms with E-state index in [2.05, 4.69) is 22.0 Å². The van der Waals surface area contributed by atoms with Crippen molar-refractivity contribution in [3.8, 4) is 5.75 Å². The number of carbonyl (C=O) groups excluding carboxylic acids is 1. The van der Waals surface area contributed by atoms with Crippen LogP contribution >= 0.6 is 0 Å². The van der Waals surface area contributed by atoms with Crippen LogP contribution in [0.2, 0.25) is 0 Å². The fraction of sp³-hybridized carbons (Fsp3) is 0.238. The Kier molecular flexibility index (Phi) is 8.37. The molecule has 3 N–H and O–H groups in total. The number of aliphatic imine (C=N–C) groups is 1. The first-order valence-corrected chi connectivity index (χ1v) is 9.21. The van der Waals surface area contributed by atoms with Crippen LogP contribution in [0.3, 0.4) is 0 Å². The quantitative estimate of drug-likeness (QED) is 0.402. The van der Waals surface area contributed by atoms with Crippen molar-refractivity contribution in [2.24, 2.45) is 10.1 Å². The first kappa shape index (κ1) is 22.4. The van der Waals surface area contributed by atoms with Crippen LogP contribution in [0, 0.1) is 5.41 Å². The molecule has 1 heterocycles. The summed E-state index contributed by atoms with van der Waals surface area (Å²) in [7, 11) is 1.61. The average Bonchev–Trinajstić information content (AvgIpc) is 2.75. The molecule has 0 amide bonds. The van der Waals surface area contributed by atoms with E-state index in [1.165, 1.54) is 17.3 Å². The van der Waals surface area contributed by atoms with E-state index in [1.54, 1.807) is 20.2 Å². The Labute approximate surface area is 175 Å². The van der Waals surface area contributed by atoms with Crippen LogP contribution in [0.1, 0.15) is 12.5 Å². The van der Waals surface area contributed by atoms with Crippen LogP contribution in [0.15, 0.2) is 70.7 Å². The summed E-state index contributed by atoms with van der Waals surface area (Å²) in [5.74, 6) is -0.0474. The highest BCUT2D eigenvalue weighted by atomic mass is 16.5. The molecule has 0 spiro atoms. The number of benzene rings is 1. The Hall–Kier alpha value is -3.88. The number of nitrogens with one attached hydrogen (secondary N) is 2. The average molecular weight is 411 g/mol. The molecule has 0 aromatic heterocycles. The smallest absolute Gasteiger partial charge is 0.358 e. The summed E-state index contributed by atoms with van der Waals surface area (Å²) < 4.78 is 10.1. The highest BCUT2D eigenvalue weighted by Gasteiger charge is 2.17. The van der Waals surface area contributed by atoms with Gasteiger partial charge >= 0.3 is 5.97 Å². The predicted molar refractivity (Wildman–Crippen MR) is 116 cm³/mol. The molecule has 0 radical (unpaired) electrons. The lowest BCUT2D eigenvalue weighted by Crippen LogP contribution is -2.28. The SMILES string of the molecule is C=C/C(=N\N1C=C(/C(C=N)=C/NCc2ccc(OC)cc2)N=C(O)C1)C(=O)OCC. The van der Waals surface area contributed by atoms with E-state index >= 15 is 0 Å². The highest BCUT2D eigenvalue weighted by Crippen LogP contribution is 2.16. The lowest BCUT2D eigenvalue weighted by atomic mass is 10.2. The Morgan fingerprint density at radius 3 is 2.77 bits per heavy atom. The number of aliphatic hydroxyl groups is 1. The van der Waals surface area contributed by atoms with Crippen LogP contribution in [-0.2, 0) is 16.1 Å². The van der Waals surface area contributed by atoms with Crippen molar-refractivity contribution >= 4 is 23.8 Å². The van der Waals surface area contributed by atoms with Gasteiger partial charge in [0.05, 0.1) is 25.6 Å². The minimum absolute atomic E-state index is 0.000151. The number of ether oxygens (including phenoxy) is 2. The maximum atomic E-state index is 11.9. The molecule has 158 valence electrons. The number of hydrazone groups is 1. The van der Waals surface area contributed by atoms with Gasteiger partial charge in [-0.25, -0.2) is 9.79 Å². The van der Waals surface area contributed by atoms with Gasteiger partial charge in [-0.05, 0) is 30.7 Å². The number of nitrogens with zero attached hydrogens (tertiary/aromatic N) is 3. The van der Waals surface area contributed by atoms with Crippen LogP contribution in [-0.4, -0.2) is 54.2 Å². The molecule has 0 saturated carbocycles. The largest absolute Gasteiger partial charge is 0.497 e. The third-order valence-corrected chi connectivity index (χ3v) is 3.91. The molecule has 1 aliphatic heterocycles. The Morgan fingerprint density at radius 2 is 2.17 bits per heavy atom. The number of allylic oxidation sites excluding steroid dienone is 1. The molecular weight excluding hydrogens is 386 g/mol. The Morgan fingerprint density at radius 1 is 1.43 bits per heavy atom. The molecule has 1 aromatic carbocycles. The summed E-state index contributed by atoms with van der Waals surface area (Å²) in [5.41, 5.74) is 1.76. The molecular formula is C21H25N5O4. The minimum Gasteiger partial charge on any atom is -0.497 e. The molecule has 1 aromatic rings. The number of rotatable bonds is 10. The van der Waals surface area contributed by atoms with Crippen molar-refractivity contribution in [1.82, 2.24) is 10.3 Å². The molecule has 30 heavy (non-hydrogen) atoms. The van der Waals surface area contributed by atoms with Crippen molar-refractivity contribution < 1.29 is 19.4 Å². The fourth-order valence-corrected chi connectivity index (χ4v) is 2.46. The van der Waals surface area contributed by atoms with Crippen molar-refractivity contribution in [3.63, 3.8) is 0 Å². The zero-order valence-electron chi connectivity index (χ0n) is 17.0. The van der Waals surface area contributed by atoms with Gasteiger partial charge in [-0.2, -0.15) is 5.10 Å². The molecule has 0 unspecified atom stereocenters. The fourth-order valence-electron chi connectivity index (χ4n) is 2.46. The second-order valence-electron chi connectivity index (χ2n) is 6.02. The van der Waals surface area contributed by atoms with Crippen molar-refractivity contribution in [2.75, 3.05) is 20.3 Å². The number of carbonyl (C=O) groups is 1. The lowest BCUT2D eigenvalue weighted by Gasteiger charge is -2.20. The summed E-state index contributed by atoms with van der Waals surface area (Å²) >= 11 is 0. The Balaban J connectivity index is 2.15. The van der Waals surface area contributed by atoms with Crippen molar-refractivity contribution in [2.45, 2.75) is 13.5 Å². The first-order valence-electron chi connectivity index (χ1n) is 9.21. The van der Waals surface area contributed by atoms with Crippen molar-refractivity contribution in [1.29, 1.82) is 5.41 Å². The van der Waals surface area contributed by atoms with E-state index in [-0.39, 0.29) is 24.8 Å². The molecule has 0 aliphatic carbocycles. The van der Waals surface area contributed by atoms with Gasteiger partial charge in [0.2, 0.25) is 5.90 Å². The number of aliphatic hydroxyl groups excluding tert-OH is 1. The summed E-state index contributed by atoms with van der Waals surface area (Å²) in [6, 6.07) is 7.58. The van der Waals surface area contributed by atoms with Gasteiger partial charge in [0.15, 0.2) is 5.71 Å². The molecule has 9 heteroatoms. The van der Waals surface area contributed by atoms with Crippen LogP contribution in [0.5, 0.6) is 5.75 Å². The zero-order chi connectivity index (χ0) is 21.9. The topological polar surface area (TPSA) is 120 Å². The molecule has 0 atom stereocenters. The summed E-state index contributed by atoms with van der Waals surface area (Å²) in [5, 5.41) is 26.3. The second kappa shape index (κ2) is 11.2. The van der Waals surface area contributed by atoms with E-state index in [9.17, 15) is 9.90 Å². The van der Waals surface area contributed by atoms with Gasteiger partial charge in [-0.1, -0.05) is 18.7 Å². The molecule has 0 saturated heterocycles. The minimum atomic E-state index is -0.617. The van der Waals surface area contributed by atoms with E-state index in [0.717, 1.165) is 17.5 Å². The molecule has 1 aliphatic rings. The van der Waals surface area contributed by atoms with Gasteiger partial charge in [0, 0.05) is 24.5 Å². The molecule has 0 bridgehead atoms. The Bertz CT molecular complexity index is 900. The normalized spacial score (nSPS) is 14.4. The van der Waals surface area contributed by atoms with Crippen molar-refractivity contribution in [3.05, 3.63) is 66.2 Å². The predicted octanol–water partition coefficient (Wildman–Crippen LogP) is 2.54. The summed E-state index contributed by atoms with van der Waals surface area (Å²) in [6.45, 7) is 5.96. The molecule has 0 fully saturated rings. The van der Waals surface area contributed by atoms with Gasteiger partial charge in [-0.15, -0.1) is 0 Å². The van der Waals surface area contributed by atoms with Crippen LogP contribution < -0.4 is 10.1 Å². The third kappa shape index (κ3) is 6.33. The number of hydrogen-bond acceptors (Lipinski definition) is 8. The first-order chi connectivity index (χ1) is 14.5. The maximum absolute atomic E-state index is 11.9. The van der Waals surface area contributed by atoms with E-state index in [4.69, 9.17) is 14.9 Å². The van der Waals surface area contributed by atoms with E-state index in [0.29, 0.717) is 17.8 Å². The van der Waals surface area contributed by atoms with Crippen LogP contribution in [0.25, 0.3) is 0 Å². The number of hydrogen-bond donors (Lipinski definition) is 3. The number of esters is 1. The molecule has 2 rings (SSSR count). The maximum Gasteiger partial charge on any atom is 0.358 e.